The minimum Gasteiger partial charge on any atom is -0.504 e. The predicted octanol–water partition coefficient (Wildman–Crippen LogP) is 3.61. The molecule has 4 aromatic rings. The maximum atomic E-state index is 10.3. The predicted molar refractivity (Wildman–Crippen MR) is 96.1 cm³/mol. The number of aromatic amines is 2. The molecule has 0 radical (unpaired) electrons. The molecule has 5 rings (SSSR count). The van der Waals surface area contributed by atoms with Crippen molar-refractivity contribution in [1.82, 2.24) is 9.97 Å². The van der Waals surface area contributed by atoms with E-state index in [-0.39, 0.29) is 17.4 Å². The zero-order valence-electron chi connectivity index (χ0n) is 12.9. The lowest BCUT2D eigenvalue weighted by Gasteiger charge is -2.16. The number of hydrogen-bond acceptors (Lipinski definition) is 4. The molecule has 1 aliphatic heterocycles. The Morgan fingerprint density at radius 3 is 2.48 bits per heavy atom. The second-order valence-electron chi connectivity index (χ2n) is 6.00. The van der Waals surface area contributed by atoms with Gasteiger partial charge in [-0.25, -0.2) is 0 Å². The maximum Gasteiger partial charge on any atom is 0.199 e. The molecule has 0 amide bonds. The summed E-state index contributed by atoms with van der Waals surface area (Å²) in [4.78, 5) is 10.4. The van der Waals surface area contributed by atoms with Gasteiger partial charge < -0.3 is 25.3 Å². The zero-order valence-corrected chi connectivity index (χ0v) is 12.9. The molecule has 0 fully saturated rings. The van der Waals surface area contributed by atoms with E-state index in [9.17, 15) is 15.3 Å². The zero-order chi connectivity index (χ0) is 17.1. The van der Waals surface area contributed by atoms with Crippen molar-refractivity contribution in [1.29, 1.82) is 0 Å². The first-order valence-corrected chi connectivity index (χ1v) is 7.75. The smallest absolute Gasteiger partial charge is 0.199 e. The summed E-state index contributed by atoms with van der Waals surface area (Å²) < 4.78 is 0. The first kappa shape index (κ1) is 13.7. The fourth-order valence-electron chi connectivity index (χ4n) is 3.33. The summed E-state index contributed by atoms with van der Waals surface area (Å²) in [6.07, 6.45) is 3.53. The summed E-state index contributed by atoms with van der Waals surface area (Å²) in [6.45, 7) is 0. The molecule has 0 saturated heterocycles. The van der Waals surface area contributed by atoms with Crippen LogP contribution >= 0.6 is 0 Å². The van der Waals surface area contributed by atoms with Gasteiger partial charge in [0, 0.05) is 51.4 Å². The highest BCUT2D eigenvalue weighted by molar-refractivity contribution is 6.40. The van der Waals surface area contributed by atoms with Gasteiger partial charge in [-0.1, -0.05) is 18.2 Å². The van der Waals surface area contributed by atoms with Crippen molar-refractivity contribution in [2.75, 3.05) is 0 Å². The van der Waals surface area contributed by atoms with Crippen LogP contribution < -0.4 is 0 Å². The van der Waals surface area contributed by atoms with E-state index in [1.807, 2.05) is 24.3 Å². The molecular weight excluding hydrogens is 318 g/mol. The Morgan fingerprint density at radius 1 is 0.880 bits per heavy atom. The molecule has 122 valence electrons. The number of aromatic hydroxyl groups is 3. The van der Waals surface area contributed by atoms with E-state index in [1.165, 1.54) is 12.1 Å². The van der Waals surface area contributed by atoms with Gasteiger partial charge in [-0.05, 0) is 12.1 Å². The van der Waals surface area contributed by atoms with E-state index >= 15 is 0 Å². The van der Waals surface area contributed by atoms with Crippen LogP contribution in [-0.4, -0.2) is 31.0 Å². The molecule has 0 bridgehead atoms. The monoisotopic (exact) mass is 331 g/mol. The average Bonchev–Trinajstić information content (AvgIpc) is 3.09. The number of phenols is 2. The number of fused-ring (bicyclic) bond motifs is 2. The van der Waals surface area contributed by atoms with Crippen LogP contribution in [0.4, 0.5) is 0 Å². The summed E-state index contributed by atoms with van der Waals surface area (Å²) in [5, 5.41) is 31.5. The van der Waals surface area contributed by atoms with E-state index in [1.54, 1.807) is 12.4 Å². The van der Waals surface area contributed by atoms with E-state index in [2.05, 4.69) is 15.0 Å². The van der Waals surface area contributed by atoms with Crippen LogP contribution in [0.25, 0.3) is 27.4 Å². The van der Waals surface area contributed by atoms with E-state index in [4.69, 9.17) is 0 Å². The van der Waals surface area contributed by atoms with Gasteiger partial charge in [0.1, 0.15) is 0 Å². The molecule has 2 aromatic carbocycles. The van der Waals surface area contributed by atoms with Crippen molar-refractivity contribution >= 4 is 33.1 Å². The standard InChI is InChI=1S/C19H13N3O3/c23-15-5-10-11(7-20-14(10)6-16(15)24)12-8-21-18(12)17-9-3-1-2-4-13(9)22-19(17)25/h1-8,20,22-25H. The highest BCUT2D eigenvalue weighted by atomic mass is 16.3. The van der Waals surface area contributed by atoms with Crippen LogP contribution in [0.1, 0.15) is 11.1 Å². The fourth-order valence-corrected chi connectivity index (χ4v) is 3.33. The highest BCUT2D eigenvalue weighted by Crippen LogP contribution is 2.40. The van der Waals surface area contributed by atoms with Crippen LogP contribution in [0.2, 0.25) is 0 Å². The fraction of sp³-hybridized carbons (Fsp3) is 0. The summed E-state index contributed by atoms with van der Waals surface area (Å²) in [5.41, 5.74) is 4.59. The number of nitrogens with one attached hydrogen (secondary N) is 2. The van der Waals surface area contributed by atoms with Crippen molar-refractivity contribution in [3.05, 3.63) is 59.9 Å². The maximum absolute atomic E-state index is 10.3. The molecule has 6 nitrogen and oxygen atoms in total. The van der Waals surface area contributed by atoms with Crippen LogP contribution in [0.15, 0.2) is 53.8 Å². The number of rotatable bonds is 2. The van der Waals surface area contributed by atoms with Crippen molar-refractivity contribution in [3.8, 4) is 17.4 Å². The molecule has 5 N–H and O–H groups in total. The minimum atomic E-state index is -0.179. The number of aromatic nitrogens is 2. The van der Waals surface area contributed by atoms with Gasteiger partial charge in [0.15, 0.2) is 17.4 Å². The van der Waals surface area contributed by atoms with Gasteiger partial charge in [0.25, 0.3) is 0 Å². The lowest BCUT2D eigenvalue weighted by Crippen LogP contribution is -2.10. The first-order chi connectivity index (χ1) is 12.1. The quantitative estimate of drug-likeness (QED) is 0.362. The second kappa shape index (κ2) is 4.67. The van der Waals surface area contributed by atoms with E-state index in [0.29, 0.717) is 16.8 Å². The number of para-hydroxylation sites is 1. The van der Waals surface area contributed by atoms with Crippen molar-refractivity contribution in [2.24, 2.45) is 4.99 Å². The number of allylic oxidation sites excluding steroid dienone is 1. The largest absolute Gasteiger partial charge is 0.504 e. The lowest BCUT2D eigenvalue weighted by atomic mass is 9.92. The van der Waals surface area contributed by atoms with Crippen molar-refractivity contribution < 1.29 is 15.3 Å². The van der Waals surface area contributed by atoms with Crippen LogP contribution in [0.3, 0.4) is 0 Å². The van der Waals surface area contributed by atoms with E-state index < -0.39 is 0 Å². The summed E-state index contributed by atoms with van der Waals surface area (Å²) in [6, 6.07) is 10.6. The third-order valence-electron chi connectivity index (χ3n) is 4.57. The van der Waals surface area contributed by atoms with Gasteiger partial charge >= 0.3 is 0 Å². The number of benzene rings is 2. The first-order valence-electron chi connectivity index (χ1n) is 7.75. The molecule has 1 aliphatic rings. The molecule has 6 heteroatoms. The SMILES string of the molecule is Oc1cc2[nH]cc(C3=CN=C3c3c(O)[nH]c4ccccc34)c2cc1O. The van der Waals surface area contributed by atoms with Crippen LogP contribution in [-0.2, 0) is 0 Å². The molecule has 0 saturated carbocycles. The summed E-state index contributed by atoms with van der Waals surface area (Å²) >= 11 is 0. The summed E-state index contributed by atoms with van der Waals surface area (Å²) in [7, 11) is 0. The Bertz CT molecular complexity index is 1230. The average molecular weight is 331 g/mol. The molecule has 3 heterocycles. The third kappa shape index (κ3) is 1.82. The van der Waals surface area contributed by atoms with Gasteiger partial charge in [0.2, 0.25) is 0 Å². The Kier molecular flexibility index (Phi) is 2.57. The molecule has 0 atom stereocenters. The van der Waals surface area contributed by atoms with Gasteiger partial charge in [-0.2, -0.15) is 0 Å². The second-order valence-corrected chi connectivity index (χ2v) is 6.00. The molecular formula is C19H13N3O3. The van der Waals surface area contributed by atoms with Crippen LogP contribution in [0.5, 0.6) is 17.4 Å². The lowest BCUT2D eigenvalue weighted by molar-refractivity contribution is 0.405. The van der Waals surface area contributed by atoms with Gasteiger partial charge in [-0.3, -0.25) is 4.99 Å². The van der Waals surface area contributed by atoms with Crippen molar-refractivity contribution in [2.45, 2.75) is 0 Å². The Morgan fingerprint density at radius 2 is 1.68 bits per heavy atom. The van der Waals surface area contributed by atoms with Crippen LogP contribution in [0, 0.1) is 0 Å². The number of hydrogen-bond donors (Lipinski definition) is 5. The number of phenolic OH excluding ortho intramolecular Hbond substituents is 2. The normalized spacial score (nSPS) is 13.8. The summed E-state index contributed by atoms with van der Waals surface area (Å²) in [5.74, 6) is -0.278. The Labute approximate surface area is 141 Å². The highest BCUT2D eigenvalue weighted by Gasteiger charge is 2.26. The number of nitrogens with zero attached hydrogens (tertiary/aromatic N) is 1. The molecule has 0 unspecified atom stereocenters. The van der Waals surface area contributed by atoms with Gasteiger partial charge in [-0.15, -0.1) is 0 Å². The van der Waals surface area contributed by atoms with Crippen molar-refractivity contribution in [3.63, 3.8) is 0 Å². The Balaban J connectivity index is 1.66. The third-order valence-corrected chi connectivity index (χ3v) is 4.57. The number of H-pyrrole nitrogens is 2. The molecule has 25 heavy (non-hydrogen) atoms. The molecule has 2 aromatic heterocycles. The molecule has 0 spiro atoms. The van der Waals surface area contributed by atoms with E-state index in [0.717, 1.165) is 27.4 Å². The van der Waals surface area contributed by atoms with Gasteiger partial charge in [0.05, 0.1) is 11.3 Å². The topological polar surface area (TPSA) is 105 Å². The Hall–Kier alpha value is -3.67. The number of aliphatic imine (C=N–C) groups is 1. The molecule has 0 aliphatic carbocycles. The minimum absolute atomic E-state index is 0.0749.